The molecular formula is C9H8F2O4. The third-order valence-corrected chi connectivity index (χ3v) is 1.80. The van der Waals surface area contributed by atoms with Crippen molar-refractivity contribution in [1.82, 2.24) is 0 Å². The average molecular weight is 218 g/mol. The van der Waals surface area contributed by atoms with Gasteiger partial charge < -0.3 is 14.9 Å². The lowest BCUT2D eigenvalue weighted by molar-refractivity contribution is -0.147. The highest BCUT2D eigenvalue weighted by atomic mass is 19.1. The van der Waals surface area contributed by atoms with Gasteiger partial charge in [-0.15, -0.1) is 0 Å². The molecule has 0 bridgehead atoms. The van der Waals surface area contributed by atoms with Crippen LogP contribution in [0.1, 0.15) is 11.7 Å². The molecule has 0 saturated carbocycles. The van der Waals surface area contributed by atoms with Gasteiger partial charge in [-0.05, 0) is 6.07 Å². The van der Waals surface area contributed by atoms with Crippen molar-refractivity contribution in [1.29, 1.82) is 0 Å². The standard InChI is InChI=1S/C9H8F2O4/c1-15-7-2-4(8(12)9(13)14)5(10)3-6(7)11/h2-3,8,12H,1H3,(H,13,14). The van der Waals surface area contributed by atoms with Crippen molar-refractivity contribution in [2.24, 2.45) is 0 Å². The van der Waals surface area contributed by atoms with E-state index >= 15 is 0 Å². The molecule has 0 aromatic heterocycles. The quantitative estimate of drug-likeness (QED) is 0.796. The molecule has 0 saturated heterocycles. The van der Waals surface area contributed by atoms with Crippen LogP contribution in [0.4, 0.5) is 8.78 Å². The number of halogens is 2. The minimum Gasteiger partial charge on any atom is -0.494 e. The molecule has 6 heteroatoms. The molecule has 4 nitrogen and oxygen atoms in total. The highest BCUT2D eigenvalue weighted by Gasteiger charge is 2.22. The van der Waals surface area contributed by atoms with E-state index in [9.17, 15) is 13.6 Å². The van der Waals surface area contributed by atoms with Crippen molar-refractivity contribution >= 4 is 5.97 Å². The fourth-order valence-electron chi connectivity index (χ4n) is 1.04. The number of benzene rings is 1. The van der Waals surface area contributed by atoms with Crippen molar-refractivity contribution in [3.8, 4) is 5.75 Å². The minimum atomic E-state index is -2.04. The van der Waals surface area contributed by atoms with Gasteiger partial charge in [-0.2, -0.15) is 0 Å². The Hall–Kier alpha value is -1.69. The van der Waals surface area contributed by atoms with E-state index in [1.54, 1.807) is 0 Å². The van der Waals surface area contributed by atoms with E-state index in [1.165, 1.54) is 0 Å². The first-order chi connectivity index (χ1) is 6.97. The summed E-state index contributed by atoms with van der Waals surface area (Å²) < 4.78 is 30.5. The van der Waals surface area contributed by atoms with Crippen LogP contribution in [0.25, 0.3) is 0 Å². The molecule has 0 aliphatic heterocycles. The van der Waals surface area contributed by atoms with Gasteiger partial charge >= 0.3 is 5.97 Å². The number of methoxy groups -OCH3 is 1. The maximum atomic E-state index is 13.1. The average Bonchev–Trinajstić information content (AvgIpc) is 2.17. The Kier molecular flexibility index (Phi) is 3.21. The fourth-order valence-corrected chi connectivity index (χ4v) is 1.04. The molecule has 0 aliphatic rings. The number of hydrogen-bond donors (Lipinski definition) is 2. The zero-order chi connectivity index (χ0) is 11.6. The molecule has 1 aromatic rings. The number of hydrogen-bond acceptors (Lipinski definition) is 3. The van der Waals surface area contributed by atoms with E-state index in [0.717, 1.165) is 13.2 Å². The van der Waals surface area contributed by atoms with Gasteiger partial charge in [0, 0.05) is 11.6 Å². The zero-order valence-electron chi connectivity index (χ0n) is 7.70. The molecule has 1 atom stereocenters. The summed E-state index contributed by atoms with van der Waals surface area (Å²) in [6, 6.07) is 1.27. The molecule has 1 aromatic carbocycles. The largest absolute Gasteiger partial charge is 0.494 e. The SMILES string of the molecule is COc1cc(C(O)C(=O)O)c(F)cc1F. The topological polar surface area (TPSA) is 66.8 Å². The molecular weight excluding hydrogens is 210 g/mol. The van der Waals surface area contributed by atoms with Gasteiger partial charge in [-0.1, -0.05) is 0 Å². The Bertz CT molecular complexity index is 392. The highest BCUT2D eigenvalue weighted by molar-refractivity contribution is 5.74. The van der Waals surface area contributed by atoms with Crippen LogP contribution in [0, 0.1) is 11.6 Å². The maximum absolute atomic E-state index is 13.1. The third-order valence-electron chi connectivity index (χ3n) is 1.80. The van der Waals surface area contributed by atoms with Gasteiger partial charge in [0.05, 0.1) is 7.11 Å². The summed E-state index contributed by atoms with van der Waals surface area (Å²) in [6.45, 7) is 0. The number of carboxylic acids is 1. The highest BCUT2D eigenvalue weighted by Crippen LogP contribution is 2.25. The Balaban J connectivity index is 3.24. The molecule has 15 heavy (non-hydrogen) atoms. The molecule has 1 unspecified atom stereocenters. The predicted molar refractivity (Wildman–Crippen MR) is 45.5 cm³/mol. The van der Waals surface area contributed by atoms with Crippen LogP contribution < -0.4 is 4.74 Å². The number of aliphatic hydroxyl groups is 1. The van der Waals surface area contributed by atoms with Crippen LogP contribution in [0.3, 0.4) is 0 Å². The second kappa shape index (κ2) is 4.22. The lowest BCUT2D eigenvalue weighted by Crippen LogP contribution is -2.12. The maximum Gasteiger partial charge on any atom is 0.337 e. The van der Waals surface area contributed by atoms with Crippen molar-refractivity contribution in [2.45, 2.75) is 6.10 Å². The van der Waals surface area contributed by atoms with E-state index in [4.69, 9.17) is 10.2 Å². The summed E-state index contributed by atoms with van der Waals surface area (Å²) >= 11 is 0. The summed E-state index contributed by atoms with van der Waals surface area (Å²) in [7, 11) is 1.15. The Morgan fingerprint density at radius 2 is 2.00 bits per heavy atom. The summed E-state index contributed by atoms with van der Waals surface area (Å²) in [4.78, 5) is 10.4. The first-order valence-corrected chi connectivity index (χ1v) is 3.91. The zero-order valence-corrected chi connectivity index (χ0v) is 7.70. The second-order valence-corrected chi connectivity index (χ2v) is 2.75. The number of aliphatic hydroxyl groups excluding tert-OH is 1. The van der Waals surface area contributed by atoms with Gasteiger partial charge in [0.15, 0.2) is 17.7 Å². The van der Waals surface area contributed by atoms with E-state index < -0.39 is 29.3 Å². The molecule has 1 rings (SSSR count). The molecule has 0 amide bonds. The van der Waals surface area contributed by atoms with Crippen LogP contribution in [0.15, 0.2) is 12.1 Å². The van der Waals surface area contributed by atoms with Gasteiger partial charge in [0.25, 0.3) is 0 Å². The van der Waals surface area contributed by atoms with Crippen molar-refractivity contribution in [3.05, 3.63) is 29.3 Å². The summed E-state index contributed by atoms with van der Waals surface area (Å²) in [5.74, 6) is -4.05. The Labute approximate surface area is 83.7 Å². The van der Waals surface area contributed by atoms with E-state index in [2.05, 4.69) is 4.74 Å². The van der Waals surface area contributed by atoms with Crippen LogP contribution in [0.2, 0.25) is 0 Å². The van der Waals surface area contributed by atoms with Crippen molar-refractivity contribution in [3.63, 3.8) is 0 Å². The van der Waals surface area contributed by atoms with E-state index in [-0.39, 0.29) is 5.75 Å². The number of carboxylic acid groups (broad SMARTS) is 1. The van der Waals surface area contributed by atoms with Gasteiger partial charge in [0.2, 0.25) is 0 Å². The van der Waals surface area contributed by atoms with Crippen molar-refractivity contribution < 1.29 is 28.5 Å². The molecule has 0 radical (unpaired) electrons. The van der Waals surface area contributed by atoms with Gasteiger partial charge in [0.1, 0.15) is 5.82 Å². The molecule has 82 valence electrons. The Morgan fingerprint density at radius 3 is 2.47 bits per heavy atom. The lowest BCUT2D eigenvalue weighted by atomic mass is 10.1. The number of ether oxygens (including phenoxy) is 1. The van der Waals surface area contributed by atoms with Crippen LogP contribution in [-0.4, -0.2) is 23.3 Å². The number of aliphatic carboxylic acids is 1. The van der Waals surface area contributed by atoms with E-state index in [0.29, 0.717) is 6.07 Å². The third kappa shape index (κ3) is 2.21. The Morgan fingerprint density at radius 1 is 1.40 bits per heavy atom. The second-order valence-electron chi connectivity index (χ2n) is 2.75. The molecule has 0 fully saturated rings. The normalized spacial score (nSPS) is 12.3. The first-order valence-electron chi connectivity index (χ1n) is 3.91. The van der Waals surface area contributed by atoms with Crippen LogP contribution >= 0.6 is 0 Å². The fraction of sp³-hybridized carbons (Fsp3) is 0.222. The smallest absolute Gasteiger partial charge is 0.337 e. The summed E-state index contributed by atoms with van der Waals surface area (Å²) in [5, 5.41) is 17.5. The summed E-state index contributed by atoms with van der Waals surface area (Å²) in [6.07, 6.45) is -2.04. The van der Waals surface area contributed by atoms with Crippen LogP contribution in [0.5, 0.6) is 5.75 Å². The van der Waals surface area contributed by atoms with E-state index in [1.807, 2.05) is 0 Å². The van der Waals surface area contributed by atoms with Gasteiger partial charge in [-0.3, -0.25) is 0 Å². The van der Waals surface area contributed by atoms with Crippen molar-refractivity contribution in [2.75, 3.05) is 7.11 Å². The number of carbonyl (C=O) groups is 1. The van der Waals surface area contributed by atoms with Gasteiger partial charge in [-0.25, -0.2) is 13.6 Å². The molecule has 0 spiro atoms. The number of rotatable bonds is 3. The van der Waals surface area contributed by atoms with Crippen LogP contribution in [-0.2, 0) is 4.79 Å². The monoisotopic (exact) mass is 218 g/mol. The molecule has 2 N–H and O–H groups in total. The predicted octanol–water partition coefficient (Wildman–Crippen LogP) is 1.09. The summed E-state index contributed by atoms with van der Waals surface area (Å²) in [5.41, 5.74) is -0.541. The minimum absolute atomic E-state index is 0.327. The first kappa shape index (κ1) is 11.4. The molecule has 0 heterocycles. The lowest BCUT2D eigenvalue weighted by Gasteiger charge is -2.09. The molecule has 0 aliphatic carbocycles.